The first-order chi connectivity index (χ1) is 8.57. The van der Waals surface area contributed by atoms with Crippen LogP contribution < -0.4 is 11.3 Å². The first-order valence-corrected chi connectivity index (χ1v) is 7.04. The number of aliphatic hydroxyl groups is 1. The van der Waals surface area contributed by atoms with Crippen LogP contribution in [0.4, 0.5) is 5.82 Å². The molecule has 0 aliphatic carbocycles. The van der Waals surface area contributed by atoms with Crippen LogP contribution in [-0.4, -0.2) is 42.5 Å². The zero-order valence-corrected chi connectivity index (χ0v) is 11.0. The maximum absolute atomic E-state index is 12.4. The summed E-state index contributed by atoms with van der Waals surface area (Å²) in [5.74, 6) is 5.36. The Hall–Kier alpha value is -1.22. The fraction of sp³-hybridized carbons (Fsp3) is 0.500. The first-order valence-electron chi connectivity index (χ1n) is 5.60. The third-order valence-electron chi connectivity index (χ3n) is 2.44. The van der Waals surface area contributed by atoms with Gasteiger partial charge >= 0.3 is 0 Å². The Labute approximate surface area is 107 Å². The number of nitrogens with one attached hydrogen (secondary N) is 1. The zero-order chi connectivity index (χ0) is 13.6. The molecule has 102 valence electrons. The lowest BCUT2D eigenvalue weighted by Gasteiger charge is -2.21. The highest BCUT2D eigenvalue weighted by atomic mass is 32.2. The van der Waals surface area contributed by atoms with Gasteiger partial charge in [0, 0.05) is 25.9 Å². The van der Waals surface area contributed by atoms with Gasteiger partial charge in [-0.05, 0) is 18.6 Å². The van der Waals surface area contributed by atoms with Crippen molar-refractivity contribution in [1.29, 1.82) is 0 Å². The third-order valence-corrected chi connectivity index (χ3v) is 4.45. The van der Waals surface area contributed by atoms with E-state index in [2.05, 4.69) is 10.4 Å². The molecule has 1 rings (SSSR count). The molecule has 0 atom stereocenters. The highest BCUT2D eigenvalue weighted by molar-refractivity contribution is 7.89. The second-order valence-corrected chi connectivity index (χ2v) is 5.47. The van der Waals surface area contributed by atoms with Crippen LogP contribution in [0.3, 0.4) is 0 Å². The molecule has 0 aromatic carbocycles. The van der Waals surface area contributed by atoms with Gasteiger partial charge in [-0.1, -0.05) is 6.92 Å². The molecular weight excluding hydrogens is 256 g/mol. The number of nitrogens with zero attached hydrogens (tertiary/aromatic N) is 2. The van der Waals surface area contributed by atoms with Crippen molar-refractivity contribution in [2.24, 2.45) is 5.84 Å². The molecule has 1 aromatic heterocycles. The number of rotatable bonds is 7. The van der Waals surface area contributed by atoms with E-state index in [0.717, 1.165) is 0 Å². The van der Waals surface area contributed by atoms with Crippen LogP contribution >= 0.6 is 0 Å². The summed E-state index contributed by atoms with van der Waals surface area (Å²) in [6.07, 6.45) is 1.84. The van der Waals surface area contributed by atoms with E-state index in [1.54, 1.807) is 6.92 Å². The monoisotopic (exact) mass is 274 g/mol. The van der Waals surface area contributed by atoms with Gasteiger partial charge in [-0.25, -0.2) is 19.2 Å². The fourth-order valence-corrected chi connectivity index (χ4v) is 3.14. The minimum atomic E-state index is -3.65. The van der Waals surface area contributed by atoms with Crippen LogP contribution in [0.2, 0.25) is 0 Å². The summed E-state index contributed by atoms with van der Waals surface area (Å²) in [6.45, 7) is 2.26. The molecule has 7 nitrogen and oxygen atoms in total. The second kappa shape index (κ2) is 6.64. The Kier molecular flexibility index (Phi) is 5.48. The van der Waals surface area contributed by atoms with Crippen LogP contribution in [0.25, 0.3) is 0 Å². The number of nitrogens with two attached hydrogens (primary N) is 1. The third kappa shape index (κ3) is 3.16. The normalized spacial score (nSPS) is 11.8. The van der Waals surface area contributed by atoms with Crippen molar-refractivity contribution in [3.8, 4) is 0 Å². The number of sulfonamides is 1. The van der Waals surface area contributed by atoms with Gasteiger partial charge in [0.1, 0.15) is 4.90 Å². The van der Waals surface area contributed by atoms with Gasteiger partial charge in [0.15, 0.2) is 5.82 Å². The maximum atomic E-state index is 12.4. The van der Waals surface area contributed by atoms with Gasteiger partial charge in [-0.2, -0.15) is 4.31 Å². The van der Waals surface area contributed by atoms with Gasteiger partial charge in [-0.15, -0.1) is 0 Å². The van der Waals surface area contributed by atoms with Gasteiger partial charge in [-0.3, -0.25) is 0 Å². The molecule has 0 unspecified atom stereocenters. The highest BCUT2D eigenvalue weighted by Crippen LogP contribution is 2.21. The first kappa shape index (κ1) is 14.8. The number of hydrogen-bond donors (Lipinski definition) is 3. The molecule has 0 fully saturated rings. The van der Waals surface area contributed by atoms with Crippen molar-refractivity contribution >= 4 is 15.8 Å². The zero-order valence-electron chi connectivity index (χ0n) is 10.2. The predicted molar refractivity (Wildman–Crippen MR) is 68.2 cm³/mol. The summed E-state index contributed by atoms with van der Waals surface area (Å²) in [5.41, 5.74) is 2.27. The minimum absolute atomic E-state index is 0.0345. The van der Waals surface area contributed by atoms with Gasteiger partial charge in [0.05, 0.1) is 0 Å². The summed E-state index contributed by atoms with van der Waals surface area (Å²) in [5, 5.41) is 8.78. The van der Waals surface area contributed by atoms with E-state index in [0.29, 0.717) is 13.0 Å². The molecule has 1 heterocycles. The lowest BCUT2D eigenvalue weighted by Crippen LogP contribution is -2.33. The smallest absolute Gasteiger partial charge is 0.246 e. The Morgan fingerprint density at radius 3 is 2.83 bits per heavy atom. The number of nitrogen functional groups attached to an aromatic ring is 1. The highest BCUT2D eigenvalue weighted by Gasteiger charge is 2.25. The Morgan fingerprint density at radius 1 is 1.56 bits per heavy atom. The van der Waals surface area contributed by atoms with Crippen LogP contribution in [0.1, 0.15) is 13.3 Å². The van der Waals surface area contributed by atoms with Crippen molar-refractivity contribution < 1.29 is 13.5 Å². The number of aliphatic hydroxyl groups excluding tert-OH is 1. The largest absolute Gasteiger partial charge is 0.396 e. The fourth-order valence-electron chi connectivity index (χ4n) is 1.54. The van der Waals surface area contributed by atoms with Crippen LogP contribution in [-0.2, 0) is 10.0 Å². The number of hydrogen-bond acceptors (Lipinski definition) is 6. The van der Waals surface area contributed by atoms with E-state index in [9.17, 15) is 8.42 Å². The molecule has 0 amide bonds. The summed E-state index contributed by atoms with van der Waals surface area (Å²) < 4.78 is 26.0. The molecule has 0 bridgehead atoms. The molecule has 0 saturated carbocycles. The topological polar surface area (TPSA) is 109 Å². The molecule has 18 heavy (non-hydrogen) atoms. The van der Waals surface area contributed by atoms with Crippen molar-refractivity contribution in [2.75, 3.05) is 25.1 Å². The quantitative estimate of drug-likeness (QED) is 0.468. The Bertz CT molecular complexity index is 478. The predicted octanol–water partition coefficient (Wildman–Crippen LogP) is -0.240. The molecular formula is C10H18N4O3S. The van der Waals surface area contributed by atoms with Gasteiger partial charge in [0.2, 0.25) is 10.0 Å². The molecule has 0 saturated heterocycles. The second-order valence-electron chi connectivity index (χ2n) is 3.57. The Morgan fingerprint density at radius 2 is 2.28 bits per heavy atom. The van der Waals surface area contributed by atoms with Crippen LogP contribution in [0.5, 0.6) is 0 Å². The average molecular weight is 274 g/mol. The standard InChI is InChI=1S/C10H18N4O3S/c1-2-14(7-4-8-15)18(16,17)9-5-3-6-12-10(9)13-11/h3,5-6,15H,2,4,7-8,11H2,1H3,(H,12,13). The lowest BCUT2D eigenvalue weighted by atomic mass is 10.4. The van der Waals surface area contributed by atoms with Crippen LogP contribution in [0, 0.1) is 0 Å². The number of pyridine rings is 1. The van der Waals surface area contributed by atoms with Crippen LogP contribution in [0.15, 0.2) is 23.2 Å². The SMILES string of the molecule is CCN(CCCO)S(=O)(=O)c1cccnc1NN. The molecule has 0 aliphatic rings. The van der Waals surface area contributed by atoms with Gasteiger partial charge in [0.25, 0.3) is 0 Å². The van der Waals surface area contributed by atoms with E-state index >= 15 is 0 Å². The average Bonchev–Trinajstić information content (AvgIpc) is 2.39. The summed E-state index contributed by atoms with van der Waals surface area (Å²) in [6, 6.07) is 2.98. The molecule has 8 heteroatoms. The molecule has 0 spiro atoms. The molecule has 4 N–H and O–H groups in total. The van der Waals surface area contributed by atoms with E-state index in [1.807, 2.05) is 0 Å². The van der Waals surface area contributed by atoms with Gasteiger partial charge < -0.3 is 10.5 Å². The lowest BCUT2D eigenvalue weighted by molar-refractivity contribution is 0.271. The maximum Gasteiger partial charge on any atom is 0.246 e. The molecule has 0 aliphatic heterocycles. The van der Waals surface area contributed by atoms with E-state index < -0.39 is 10.0 Å². The number of hydrazine groups is 1. The minimum Gasteiger partial charge on any atom is -0.396 e. The van der Waals surface area contributed by atoms with Crippen molar-refractivity contribution in [2.45, 2.75) is 18.2 Å². The van der Waals surface area contributed by atoms with E-state index in [1.165, 1.54) is 22.6 Å². The van der Waals surface area contributed by atoms with Crippen molar-refractivity contribution in [3.05, 3.63) is 18.3 Å². The van der Waals surface area contributed by atoms with Crippen molar-refractivity contribution in [1.82, 2.24) is 9.29 Å². The summed E-state index contributed by atoms with van der Waals surface area (Å²) >= 11 is 0. The van der Waals surface area contributed by atoms with E-state index in [-0.39, 0.29) is 23.9 Å². The van der Waals surface area contributed by atoms with Crippen molar-refractivity contribution in [3.63, 3.8) is 0 Å². The van der Waals surface area contributed by atoms with E-state index in [4.69, 9.17) is 10.9 Å². The number of aromatic nitrogens is 1. The summed E-state index contributed by atoms with van der Waals surface area (Å²) in [7, 11) is -3.65. The molecule has 0 radical (unpaired) electrons. The summed E-state index contributed by atoms with van der Waals surface area (Å²) in [4.78, 5) is 3.90. The number of anilines is 1. The molecule has 1 aromatic rings. The Balaban J connectivity index is 3.10.